The molecule has 0 saturated heterocycles. The van der Waals surface area contributed by atoms with Crippen molar-refractivity contribution in [1.29, 1.82) is 0 Å². The number of aromatic amines is 1. The summed E-state index contributed by atoms with van der Waals surface area (Å²) < 4.78 is 0. The largest absolute Gasteiger partial charge is 0.477 e. The first-order valence-electron chi connectivity index (χ1n) is 4.25. The number of carbonyl (C=O) groups is 2. The molecule has 0 unspecified atom stereocenters. The molecule has 1 heterocycles. The number of hydrogen-bond acceptors (Lipinski definition) is 2. The molecule has 0 aliphatic rings. The lowest BCUT2D eigenvalue weighted by Gasteiger charge is -1.88. The number of benzene rings is 1. The molecule has 4 N–H and O–H groups in total. The second-order valence-corrected chi connectivity index (χ2v) is 3.29. The Bertz CT molecular complexity index is 525. The smallest absolute Gasteiger partial charge is 0.352 e. The summed E-state index contributed by atoms with van der Waals surface area (Å²) in [6.07, 6.45) is 0.250. The summed E-state index contributed by atoms with van der Waals surface area (Å²) in [5, 5.41) is 10.1. The summed E-state index contributed by atoms with van der Waals surface area (Å²) in [6.45, 7) is 0. The Morgan fingerprint density at radius 2 is 2.00 bits per heavy atom. The lowest BCUT2D eigenvalue weighted by atomic mass is 10.2. The van der Waals surface area contributed by atoms with Crippen molar-refractivity contribution in [3.63, 3.8) is 0 Å². The van der Waals surface area contributed by atoms with Crippen LogP contribution in [0.25, 0.3) is 10.9 Å². The number of aromatic carboxylic acids is 1. The maximum absolute atomic E-state index is 10.6. The number of carbonyl (C=O) groups excluding carboxylic acids is 1. The van der Waals surface area contributed by atoms with Crippen molar-refractivity contribution in [3.05, 3.63) is 35.0 Å². The van der Waals surface area contributed by atoms with E-state index >= 15 is 0 Å². The van der Waals surface area contributed by atoms with Crippen LogP contribution in [0.1, 0.15) is 10.5 Å². The molecule has 0 bridgehead atoms. The van der Waals surface area contributed by atoms with Crippen molar-refractivity contribution >= 4 is 47.3 Å². The Balaban J connectivity index is 0.000000583. The number of carboxylic acids is 1. The number of H-pyrrole nitrogens is 1. The van der Waals surface area contributed by atoms with E-state index in [0.717, 1.165) is 10.9 Å². The summed E-state index contributed by atoms with van der Waals surface area (Å²) in [7, 11) is 0. The van der Waals surface area contributed by atoms with Gasteiger partial charge in [-0.1, -0.05) is 11.6 Å². The molecular weight excluding hydrogens is 267 g/mol. The van der Waals surface area contributed by atoms with Crippen LogP contribution in [0.2, 0.25) is 5.02 Å². The van der Waals surface area contributed by atoms with E-state index in [1.165, 1.54) is 0 Å². The highest BCUT2D eigenvalue weighted by atomic mass is 35.5. The van der Waals surface area contributed by atoms with Crippen LogP contribution in [0.3, 0.4) is 0 Å². The number of nitrogens with one attached hydrogen (secondary N) is 1. The molecule has 0 aliphatic carbocycles. The van der Waals surface area contributed by atoms with E-state index in [4.69, 9.17) is 21.5 Å². The first-order valence-corrected chi connectivity index (χ1v) is 4.63. The van der Waals surface area contributed by atoms with Crippen LogP contribution in [-0.2, 0) is 4.79 Å². The highest BCUT2D eigenvalue weighted by molar-refractivity contribution is 6.31. The van der Waals surface area contributed by atoms with E-state index in [-0.39, 0.29) is 24.5 Å². The van der Waals surface area contributed by atoms with Gasteiger partial charge in [0.2, 0.25) is 6.41 Å². The van der Waals surface area contributed by atoms with Crippen LogP contribution in [0.15, 0.2) is 24.3 Å². The summed E-state index contributed by atoms with van der Waals surface area (Å²) in [5.41, 5.74) is 5.12. The molecule has 0 saturated carbocycles. The standard InChI is InChI=1S/C9H6ClNO2.CH3NO.ClH/c10-6-1-2-7-5(3-6)4-8(11-7)9(12)13;2-1-3;/h1-4,11H,(H,12,13);1H,(H2,2,3);1H. The first kappa shape index (κ1) is 15.3. The van der Waals surface area contributed by atoms with Gasteiger partial charge in [-0.3, -0.25) is 4.79 Å². The Morgan fingerprint density at radius 1 is 1.41 bits per heavy atom. The Morgan fingerprint density at radius 3 is 2.53 bits per heavy atom. The summed E-state index contributed by atoms with van der Waals surface area (Å²) in [6, 6.07) is 6.75. The number of hydrogen-bond donors (Lipinski definition) is 3. The predicted molar refractivity (Wildman–Crippen MR) is 67.8 cm³/mol. The lowest BCUT2D eigenvalue weighted by Crippen LogP contribution is -1.94. The molecule has 2 aromatic rings. The van der Waals surface area contributed by atoms with Gasteiger partial charge < -0.3 is 15.8 Å². The fraction of sp³-hybridized carbons (Fsp3) is 0. The van der Waals surface area contributed by atoms with E-state index in [9.17, 15) is 4.79 Å². The van der Waals surface area contributed by atoms with Crippen LogP contribution in [0, 0.1) is 0 Å². The zero-order valence-corrected chi connectivity index (χ0v) is 10.1. The molecule has 0 atom stereocenters. The van der Waals surface area contributed by atoms with E-state index in [1.54, 1.807) is 24.3 Å². The van der Waals surface area contributed by atoms with Crippen molar-refractivity contribution in [3.8, 4) is 0 Å². The SMILES string of the molecule is Cl.NC=O.O=C(O)c1cc2cc(Cl)ccc2[nH]1. The normalized spacial score (nSPS) is 8.76. The second kappa shape index (κ2) is 6.78. The molecule has 0 fully saturated rings. The van der Waals surface area contributed by atoms with Gasteiger partial charge in [0, 0.05) is 15.9 Å². The number of primary amides is 1. The molecule has 5 nitrogen and oxygen atoms in total. The number of halogens is 2. The maximum atomic E-state index is 10.6. The molecule has 1 amide bonds. The molecular formula is C10H10Cl2N2O3. The van der Waals surface area contributed by atoms with Crippen molar-refractivity contribution in [1.82, 2.24) is 4.98 Å². The Labute approximate surface area is 108 Å². The average Bonchev–Trinajstić information content (AvgIpc) is 2.61. The lowest BCUT2D eigenvalue weighted by molar-refractivity contribution is -0.106. The molecule has 0 spiro atoms. The average molecular weight is 277 g/mol. The van der Waals surface area contributed by atoms with Gasteiger partial charge in [0.25, 0.3) is 0 Å². The van der Waals surface area contributed by atoms with E-state index in [0.29, 0.717) is 5.02 Å². The van der Waals surface area contributed by atoms with Crippen molar-refractivity contribution in [2.45, 2.75) is 0 Å². The number of carboxylic acid groups (broad SMARTS) is 1. The summed E-state index contributed by atoms with van der Waals surface area (Å²) in [5.74, 6) is -0.965. The zero-order chi connectivity index (χ0) is 12.1. The zero-order valence-electron chi connectivity index (χ0n) is 8.51. The monoisotopic (exact) mass is 276 g/mol. The Kier molecular flexibility index (Phi) is 6.09. The highest BCUT2D eigenvalue weighted by Gasteiger charge is 2.06. The Hall–Kier alpha value is -1.72. The van der Waals surface area contributed by atoms with E-state index in [1.807, 2.05) is 0 Å². The van der Waals surface area contributed by atoms with Gasteiger partial charge in [0.05, 0.1) is 0 Å². The summed E-state index contributed by atoms with van der Waals surface area (Å²) in [4.78, 5) is 21.9. The number of aromatic nitrogens is 1. The number of fused-ring (bicyclic) bond motifs is 1. The molecule has 1 aromatic heterocycles. The fourth-order valence-corrected chi connectivity index (χ4v) is 1.40. The topological polar surface area (TPSA) is 96.2 Å². The summed E-state index contributed by atoms with van der Waals surface area (Å²) >= 11 is 5.75. The van der Waals surface area contributed by atoms with Crippen molar-refractivity contribution < 1.29 is 14.7 Å². The molecule has 2 rings (SSSR count). The highest BCUT2D eigenvalue weighted by Crippen LogP contribution is 2.19. The van der Waals surface area contributed by atoms with Crippen molar-refractivity contribution in [2.75, 3.05) is 0 Å². The van der Waals surface area contributed by atoms with Crippen LogP contribution in [0.4, 0.5) is 0 Å². The molecule has 0 radical (unpaired) electrons. The van der Waals surface area contributed by atoms with Gasteiger partial charge in [-0.25, -0.2) is 4.79 Å². The van der Waals surface area contributed by atoms with Crippen LogP contribution in [-0.4, -0.2) is 22.5 Å². The minimum Gasteiger partial charge on any atom is -0.477 e. The second-order valence-electron chi connectivity index (χ2n) is 2.86. The van der Waals surface area contributed by atoms with Gasteiger partial charge in [0.15, 0.2) is 0 Å². The van der Waals surface area contributed by atoms with Gasteiger partial charge in [0.1, 0.15) is 5.69 Å². The van der Waals surface area contributed by atoms with Gasteiger partial charge in [-0.2, -0.15) is 0 Å². The van der Waals surface area contributed by atoms with Gasteiger partial charge in [-0.15, -0.1) is 12.4 Å². The molecule has 1 aromatic carbocycles. The van der Waals surface area contributed by atoms with Gasteiger partial charge >= 0.3 is 5.97 Å². The third-order valence-corrected chi connectivity index (χ3v) is 2.05. The molecule has 0 aliphatic heterocycles. The number of nitrogens with two attached hydrogens (primary N) is 1. The van der Waals surface area contributed by atoms with E-state index in [2.05, 4.69) is 10.7 Å². The van der Waals surface area contributed by atoms with E-state index < -0.39 is 5.97 Å². The minimum absolute atomic E-state index is 0. The quantitative estimate of drug-likeness (QED) is 0.696. The fourth-order valence-electron chi connectivity index (χ4n) is 1.22. The predicted octanol–water partition coefficient (Wildman–Crippen LogP) is 2.04. The van der Waals surface area contributed by atoms with Crippen LogP contribution in [0.5, 0.6) is 0 Å². The molecule has 17 heavy (non-hydrogen) atoms. The number of rotatable bonds is 1. The van der Waals surface area contributed by atoms with Crippen molar-refractivity contribution in [2.24, 2.45) is 5.73 Å². The minimum atomic E-state index is -0.965. The first-order chi connectivity index (χ1) is 7.58. The molecule has 7 heteroatoms. The van der Waals surface area contributed by atoms with Gasteiger partial charge in [-0.05, 0) is 24.3 Å². The third kappa shape index (κ3) is 3.97. The van der Waals surface area contributed by atoms with Crippen LogP contribution >= 0.6 is 24.0 Å². The maximum Gasteiger partial charge on any atom is 0.352 e. The third-order valence-electron chi connectivity index (χ3n) is 1.81. The van der Waals surface area contributed by atoms with Crippen LogP contribution < -0.4 is 5.73 Å². The number of amides is 1. The molecule has 92 valence electrons.